The van der Waals surface area contributed by atoms with E-state index in [-0.39, 0.29) is 18.9 Å². The molecule has 3 amide bonds. The number of aliphatic hydroxyl groups is 4. The van der Waals surface area contributed by atoms with E-state index in [1.165, 1.54) is 6.92 Å². The molecule has 0 aromatic rings. The molecule has 0 radical (unpaired) electrons. The lowest BCUT2D eigenvalue weighted by molar-refractivity contribution is -0.298. The lowest BCUT2D eigenvalue weighted by atomic mass is 9.71. The molecule has 1 aliphatic carbocycles. The molecule has 2 fully saturated rings. The number of ether oxygens (including phenoxy) is 5. The predicted molar refractivity (Wildman–Crippen MR) is 181 cm³/mol. The molecule has 0 spiro atoms. The summed E-state index contributed by atoms with van der Waals surface area (Å²) in [5.41, 5.74) is -3.08. The second-order valence-electron chi connectivity index (χ2n) is 15.8. The van der Waals surface area contributed by atoms with Crippen LogP contribution in [0.4, 0.5) is 9.59 Å². The van der Waals surface area contributed by atoms with Crippen molar-refractivity contribution in [1.29, 1.82) is 0 Å². The summed E-state index contributed by atoms with van der Waals surface area (Å²) in [6.07, 6.45) is -6.10. The number of hydrogen-bond donors (Lipinski definition) is 8. The maximum atomic E-state index is 13.4. The Balaban J connectivity index is 1.97. The highest BCUT2D eigenvalue weighted by Crippen LogP contribution is 2.40. The highest BCUT2D eigenvalue weighted by molar-refractivity contribution is 5.82. The van der Waals surface area contributed by atoms with Crippen molar-refractivity contribution in [3.8, 4) is 0 Å². The van der Waals surface area contributed by atoms with Gasteiger partial charge in [-0.25, -0.2) is 9.59 Å². The van der Waals surface area contributed by atoms with Gasteiger partial charge in [-0.2, -0.15) is 0 Å². The van der Waals surface area contributed by atoms with Crippen LogP contribution in [-0.2, 0) is 28.5 Å². The summed E-state index contributed by atoms with van der Waals surface area (Å²) in [5, 5.41) is 55.8. The quantitative estimate of drug-likeness (QED) is 0.157. The first-order chi connectivity index (χ1) is 23.1. The fraction of sp³-hybridized carbons (Fsp3) is 0.853. The molecule has 0 aromatic heterocycles. The molecule has 16 heteroatoms. The number of allylic oxidation sites excluding steroid dienone is 2. The number of nitrogens with one attached hydrogen (secondary N) is 4. The Kier molecular flexibility index (Phi) is 14.0. The number of aliphatic hydroxyl groups excluding tert-OH is 3. The SMILES string of the molecule is CCC1=CCC(C)C(C2C(NC(=O)OC(C)(C)C)CC(NC(=O)C(O)CNC(=O)OC(C)(C)C)C(OC3OCC(C)(O)C(NC)C3O)C2O)O1. The molecule has 3 aliphatic rings. The highest BCUT2D eigenvalue weighted by atomic mass is 16.7. The van der Waals surface area contributed by atoms with E-state index in [1.807, 2.05) is 19.9 Å². The van der Waals surface area contributed by atoms with Crippen LogP contribution in [0.3, 0.4) is 0 Å². The van der Waals surface area contributed by atoms with Gasteiger partial charge in [-0.1, -0.05) is 13.8 Å². The van der Waals surface area contributed by atoms with Crippen LogP contribution in [0.15, 0.2) is 11.8 Å². The van der Waals surface area contributed by atoms with Gasteiger partial charge in [0.2, 0.25) is 0 Å². The third-order valence-electron chi connectivity index (χ3n) is 9.00. The normalized spacial score (nSPS) is 35.5. The maximum absolute atomic E-state index is 13.4. The Morgan fingerprint density at radius 3 is 2.22 bits per heavy atom. The summed E-state index contributed by atoms with van der Waals surface area (Å²) in [5.74, 6) is -1.06. The van der Waals surface area contributed by atoms with Crippen molar-refractivity contribution in [2.45, 2.75) is 153 Å². The van der Waals surface area contributed by atoms with Crippen molar-refractivity contribution in [2.24, 2.45) is 11.8 Å². The van der Waals surface area contributed by atoms with E-state index in [0.717, 1.165) is 5.76 Å². The smallest absolute Gasteiger partial charge is 0.407 e. The Hall–Kier alpha value is -2.73. The van der Waals surface area contributed by atoms with Gasteiger partial charge in [-0.05, 0) is 80.3 Å². The zero-order chi connectivity index (χ0) is 37.8. The molecule has 2 aliphatic heterocycles. The molecule has 16 nitrogen and oxygen atoms in total. The van der Waals surface area contributed by atoms with Gasteiger partial charge in [0.1, 0.15) is 41.2 Å². The largest absolute Gasteiger partial charge is 0.494 e. The number of rotatable bonds is 10. The summed E-state index contributed by atoms with van der Waals surface area (Å²) in [6, 6.07) is -2.77. The fourth-order valence-electron chi connectivity index (χ4n) is 6.68. The van der Waals surface area contributed by atoms with Gasteiger partial charge >= 0.3 is 12.2 Å². The van der Waals surface area contributed by atoms with Gasteiger partial charge in [0, 0.05) is 18.4 Å². The van der Waals surface area contributed by atoms with E-state index in [2.05, 4.69) is 21.3 Å². The summed E-state index contributed by atoms with van der Waals surface area (Å²) < 4.78 is 29.2. The van der Waals surface area contributed by atoms with Crippen molar-refractivity contribution in [3.63, 3.8) is 0 Å². The topological polar surface area (TPSA) is 226 Å². The summed E-state index contributed by atoms with van der Waals surface area (Å²) in [6.45, 7) is 14.9. The van der Waals surface area contributed by atoms with Gasteiger partial charge in [-0.3, -0.25) is 4.79 Å². The maximum Gasteiger partial charge on any atom is 0.407 e. The van der Waals surface area contributed by atoms with Crippen molar-refractivity contribution in [3.05, 3.63) is 11.8 Å². The van der Waals surface area contributed by atoms with Crippen LogP contribution in [0.5, 0.6) is 0 Å². The standard InChI is InChI=1S/C34H60N4O12/c1-11-18-13-12-17(2)25(47-18)22-19(38-31(44)50-33(6,7)8)14-20(37-28(42)21(39)15-36-30(43)49-32(3,4)5)26(23(22)40)48-29-24(41)27(35-10)34(9,45)16-46-29/h13,17,19-27,29,35,39-41,45H,11-12,14-16H2,1-10H3,(H,36,43)(H,37,42)(H,38,44). The van der Waals surface area contributed by atoms with Crippen LogP contribution >= 0.6 is 0 Å². The number of carbonyl (C=O) groups is 3. The Labute approximate surface area is 295 Å². The third kappa shape index (κ3) is 11.1. The zero-order valence-electron chi connectivity index (χ0n) is 31.0. The molecular formula is C34H60N4O12. The second-order valence-corrected chi connectivity index (χ2v) is 15.8. The van der Waals surface area contributed by atoms with Crippen LogP contribution in [0.2, 0.25) is 0 Å². The van der Waals surface area contributed by atoms with Crippen molar-refractivity contribution < 1.29 is 58.5 Å². The summed E-state index contributed by atoms with van der Waals surface area (Å²) in [7, 11) is 1.57. The molecule has 288 valence electrons. The van der Waals surface area contributed by atoms with Crippen LogP contribution in [0.25, 0.3) is 0 Å². The predicted octanol–water partition coefficient (Wildman–Crippen LogP) is 0.791. The van der Waals surface area contributed by atoms with Crippen LogP contribution in [0, 0.1) is 11.8 Å². The minimum Gasteiger partial charge on any atom is -0.494 e. The molecule has 3 rings (SSSR count). The van der Waals surface area contributed by atoms with Gasteiger partial charge < -0.3 is 65.4 Å². The minimum atomic E-state index is -1.73. The second kappa shape index (κ2) is 16.7. The van der Waals surface area contributed by atoms with Crippen LogP contribution in [0.1, 0.15) is 81.6 Å². The van der Waals surface area contributed by atoms with E-state index in [4.69, 9.17) is 23.7 Å². The average Bonchev–Trinajstić information content (AvgIpc) is 2.97. The number of alkyl carbamates (subject to hydrolysis) is 2. The van der Waals surface area contributed by atoms with Crippen molar-refractivity contribution in [2.75, 3.05) is 20.2 Å². The Morgan fingerprint density at radius 2 is 1.64 bits per heavy atom. The Morgan fingerprint density at radius 1 is 1.02 bits per heavy atom. The van der Waals surface area contributed by atoms with E-state index in [0.29, 0.717) is 12.8 Å². The highest BCUT2D eigenvalue weighted by Gasteiger charge is 2.54. The molecule has 12 unspecified atom stereocenters. The zero-order valence-corrected chi connectivity index (χ0v) is 31.0. The van der Waals surface area contributed by atoms with Gasteiger partial charge in [-0.15, -0.1) is 0 Å². The fourth-order valence-corrected chi connectivity index (χ4v) is 6.68. The van der Waals surface area contributed by atoms with Crippen LogP contribution in [-0.4, -0.2) is 130 Å². The lowest BCUT2D eigenvalue weighted by Crippen LogP contribution is -2.69. The molecular weight excluding hydrogens is 656 g/mol. The molecule has 12 atom stereocenters. The minimum absolute atomic E-state index is 0.0165. The first kappa shape index (κ1) is 41.7. The summed E-state index contributed by atoms with van der Waals surface area (Å²) >= 11 is 0. The van der Waals surface area contributed by atoms with E-state index >= 15 is 0 Å². The van der Waals surface area contributed by atoms with E-state index in [1.54, 1.807) is 48.6 Å². The number of carbonyl (C=O) groups excluding carboxylic acids is 3. The molecule has 0 bridgehead atoms. The number of hydrogen-bond acceptors (Lipinski definition) is 13. The number of likely N-dealkylation sites (N-methyl/N-ethyl adjacent to an activating group) is 1. The van der Waals surface area contributed by atoms with Crippen LogP contribution < -0.4 is 21.3 Å². The molecule has 1 saturated carbocycles. The molecule has 8 N–H and O–H groups in total. The van der Waals surface area contributed by atoms with Gasteiger partial charge in [0.05, 0.1) is 37.1 Å². The van der Waals surface area contributed by atoms with Crippen molar-refractivity contribution in [1.82, 2.24) is 21.3 Å². The van der Waals surface area contributed by atoms with E-state index in [9.17, 15) is 34.8 Å². The third-order valence-corrected chi connectivity index (χ3v) is 9.00. The van der Waals surface area contributed by atoms with E-state index < -0.39 is 102 Å². The Bertz CT molecular complexity index is 1200. The first-order valence-corrected chi connectivity index (χ1v) is 17.4. The molecule has 1 saturated heterocycles. The first-order valence-electron chi connectivity index (χ1n) is 17.4. The van der Waals surface area contributed by atoms with Gasteiger partial charge in [0.15, 0.2) is 6.29 Å². The molecule has 2 heterocycles. The van der Waals surface area contributed by atoms with Crippen molar-refractivity contribution >= 4 is 18.1 Å². The number of amides is 3. The average molecular weight is 717 g/mol. The molecule has 0 aromatic carbocycles. The monoisotopic (exact) mass is 716 g/mol. The molecule has 50 heavy (non-hydrogen) atoms. The summed E-state index contributed by atoms with van der Waals surface area (Å²) in [4.78, 5) is 38.7. The van der Waals surface area contributed by atoms with Gasteiger partial charge in [0.25, 0.3) is 5.91 Å². The lowest BCUT2D eigenvalue weighted by Gasteiger charge is -2.51.